The first kappa shape index (κ1) is 17.8. The molecule has 7 rings (SSSR count). The van der Waals surface area contributed by atoms with Crippen LogP contribution in [-0.2, 0) is 0 Å². The van der Waals surface area contributed by atoms with Gasteiger partial charge in [0.1, 0.15) is 5.75 Å². The lowest BCUT2D eigenvalue weighted by Gasteiger charge is -2.05. The second-order valence-corrected chi connectivity index (χ2v) is 9.21. The Labute approximate surface area is 188 Å². The molecule has 0 amide bonds. The van der Waals surface area contributed by atoms with Crippen molar-refractivity contribution in [2.75, 3.05) is 7.11 Å². The maximum Gasteiger partial charge on any atom is 0.136 e. The highest BCUT2D eigenvalue weighted by Gasteiger charge is 2.19. The summed E-state index contributed by atoms with van der Waals surface area (Å²) in [6.07, 6.45) is 0. The van der Waals surface area contributed by atoms with Crippen LogP contribution in [0.5, 0.6) is 5.75 Å². The third-order valence-electron chi connectivity index (χ3n) is 6.50. The molecular formula is C29H19NOS. The standard InChI is InChI=1S/C29H19NOS/c1-31-24-13-7-12-21-26-27-25(19-10-5-6-11-20(19)29(26)32-28(21)24)22-16-18(14-15-23(22)30-27)17-8-3-2-4-9-17/h2-16,30H,1H3. The Morgan fingerprint density at radius 3 is 2.25 bits per heavy atom. The fraction of sp³-hybridized carbons (Fsp3) is 0.0345. The maximum atomic E-state index is 5.71. The van der Waals surface area contributed by atoms with Crippen molar-refractivity contribution in [3.05, 3.63) is 91.0 Å². The highest BCUT2D eigenvalue weighted by molar-refractivity contribution is 7.27. The van der Waals surface area contributed by atoms with E-state index < -0.39 is 0 Å². The van der Waals surface area contributed by atoms with Crippen LogP contribution in [0.25, 0.3) is 63.9 Å². The van der Waals surface area contributed by atoms with Crippen molar-refractivity contribution in [3.8, 4) is 16.9 Å². The van der Waals surface area contributed by atoms with E-state index >= 15 is 0 Å². The van der Waals surface area contributed by atoms with Gasteiger partial charge in [0.2, 0.25) is 0 Å². The molecule has 0 aliphatic rings. The highest BCUT2D eigenvalue weighted by Crippen LogP contribution is 2.48. The molecule has 0 aliphatic carbocycles. The first-order chi connectivity index (χ1) is 15.8. The van der Waals surface area contributed by atoms with Crippen LogP contribution in [0.2, 0.25) is 0 Å². The third kappa shape index (κ3) is 2.34. The number of hydrogen-bond donors (Lipinski definition) is 1. The molecule has 0 atom stereocenters. The van der Waals surface area contributed by atoms with E-state index in [-0.39, 0.29) is 0 Å². The molecule has 0 aliphatic heterocycles. The van der Waals surface area contributed by atoms with Gasteiger partial charge in [-0.1, -0.05) is 72.8 Å². The van der Waals surface area contributed by atoms with E-state index in [4.69, 9.17) is 4.74 Å². The zero-order valence-corrected chi connectivity index (χ0v) is 18.3. The van der Waals surface area contributed by atoms with Gasteiger partial charge in [-0.25, -0.2) is 0 Å². The molecule has 0 saturated heterocycles. The van der Waals surface area contributed by atoms with Crippen molar-refractivity contribution in [1.29, 1.82) is 0 Å². The van der Waals surface area contributed by atoms with Crippen molar-refractivity contribution in [3.63, 3.8) is 0 Å². The van der Waals surface area contributed by atoms with Crippen LogP contribution >= 0.6 is 11.3 Å². The van der Waals surface area contributed by atoms with Crippen molar-refractivity contribution in [2.24, 2.45) is 0 Å². The van der Waals surface area contributed by atoms with E-state index in [1.54, 1.807) is 7.11 Å². The molecule has 0 saturated carbocycles. The molecule has 0 fully saturated rings. The average molecular weight is 430 g/mol. The molecule has 2 heterocycles. The van der Waals surface area contributed by atoms with Gasteiger partial charge in [-0.3, -0.25) is 0 Å². The van der Waals surface area contributed by atoms with Crippen LogP contribution in [0.15, 0.2) is 91.0 Å². The molecular weight excluding hydrogens is 410 g/mol. The van der Waals surface area contributed by atoms with Gasteiger partial charge in [-0.05, 0) is 34.7 Å². The van der Waals surface area contributed by atoms with E-state index in [1.165, 1.54) is 63.9 Å². The van der Waals surface area contributed by atoms with Crippen LogP contribution in [0.3, 0.4) is 0 Å². The average Bonchev–Trinajstić information content (AvgIpc) is 3.43. The topological polar surface area (TPSA) is 25.0 Å². The highest BCUT2D eigenvalue weighted by atomic mass is 32.1. The van der Waals surface area contributed by atoms with Crippen molar-refractivity contribution < 1.29 is 4.74 Å². The number of methoxy groups -OCH3 is 1. The number of aromatic nitrogens is 1. The molecule has 0 unspecified atom stereocenters. The van der Waals surface area contributed by atoms with Gasteiger partial charge in [0.25, 0.3) is 0 Å². The summed E-state index contributed by atoms with van der Waals surface area (Å²) in [5, 5.41) is 7.68. The van der Waals surface area contributed by atoms with Crippen molar-refractivity contribution in [2.45, 2.75) is 0 Å². The number of ether oxygens (including phenoxy) is 1. The fourth-order valence-corrected chi connectivity index (χ4v) is 6.40. The van der Waals surface area contributed by atoms with E-state index in [2.05, 4.69) is 96.0 Å². The first-order valence-electron chi connectivity index (χ1n) is 10.7. The van der Waals surface area contributed by atoms with Crippen molar-refractivity contribution >= 4 is 64.1 Å². The van der Waals surface area contributed by atoms with E-state index in [9.17, 15) is 0 Å². The van der Waals surface area contributed by atoms with Gasteiger partial charge >= 0.3 is 0 Å². The van der Waals surface area contributed by atoms with E-state index in [0.717, 1.165) is 5.75 Å². The first-order valence-corrected chi connectivity index (χ1v) is 11.6. The van der Waals surface area contributed by atoms with Crippen LogP contribution in [0.1, 0.15) is 0 Å². The smallest absolute Gasteiger partial charge is 0.136 e. The van der Waals surface area contributed by atoms with Gasteiger partial charge in [0.05, 0.1) is 17.3 Å². The maximum absolute atomic E-state index is 5.71. The van der Waals surface area contributed by atoms with Crippen LogP contribution in [0.4, 0.5) is 0 Å². The second kappa shape index (κ2) is 6.59. The number of fused-ring (bicyclic) bond motifs is 10. The summed E-state index contributed by atoms with van der Waals surface area (Å²) in [5.41, 5.74) is 4.85. The van der Waals surface area contributed by atoms with Gasteiger partial charge in [-0.2, -0.15) is 0 Å². The molecule has 1 N–H and O–H groups in total. The predicted molar refractivity (Wildman–Crippen MR) is 138 cm³/mol. The Morgan fingerprint density at radius 1 is 0.625 bits per heavy atom. The summed E-state index contributed by atoms with van der Waals surface area (Å²) in [6, 6.07) is 32.5. The van der Waals surface area contributed by atoms with Gasteiger partial charge < -0.3 is 9.72 Å². The summed E-state index contributed by atoms with van der Waals surface area (Å²) in [7, 11) is 1.75. The minimum atomic E-state index is 0.934. The van der Waals surface area contributed by atoms with Crippen LogP contribution in [-0.4, -0.2) is 12.1 Å². The molecule has 7 aromatic rings. The van der Waals surface area contributed by atoms with E-state index in [0.29, 0.717) is 0 Å². The Balaban J connectivity index is 1.71. The van der Waals surface area contributed by atoms with Crippen LogP contribution in [0, 0.1) is 0 Å². The minimum Gasteiger partial charge on any atom is -0.495 e. The molecule has 5 aromatic carbocycles. The summed E-state index contributed by atoms with van der Waals surface area (Å²) >= 11 is 1.82. The number of thiophene rings is 1. The van der Waals surface area contributed by atoms with Crippen LogP contribution < -0.4 is 4.74 Å². The Kier molecular flexibility index (Phi) is 3.67. The molecule has 152 valence electrons. The molecule has 0 radical (unpaired) electrons. The normalized spacial score (nSPS) is 11.9. The summed E-state index contributed by atoms with van der Waals surface area (Å²) < 4.78 is 8.21. The predicted octanol–water partition coefficient (Wildman–Crippen LogP) is 8.52. The molecule has 2 nitrogen and oxygen atoms in total. The van der Waals surface area contributed by atoms with E-state index in [1.807, 2.05) is 11.3 Å². The SMILES string of the molecule is COc1cccc2c1sc1c3ccccc3c3c4cc(-c5ccccc5)ccc4[nH]c3c21. The van der Waals surface area contributed by atoms with Gasteiger partial charge in [0.15, 0.2) is 0 Å². The summed E-state index contributed by atoms with van der Waals surface area (Å²) in [6.45, 7) is 0. The molecule has 2 aromatic heterocycles. The fourth-order valence-electron chi connectivity index (χ4n) is 5.06. The quantitative estimate of drug-likeness (QED) is 0.293. The zero-order chi connectivity index (χ0) is 21.2. The lowest BCUT2D eigenvalue weighted by Crippen LogP contribution is -1.81. The number of rotatable bonds is 2. The summed E-state index contributed by atoms with van der Waals surface area (Å²) in [5.74, 6) is 0.934. The number of nitrogens with one attached hydrogen (secondary N) is 1. The molecule has 32 heavy (non-hydrogen) atoms. The monoisotopic (exact) mass is 429 g/mol. The third-order valence-corrected chi connectivity index (χ3v) is 7.75. The zero-order valence-electron chi connectivity index (χ0n) is 17.5. The number of aromatic amines is 1. The molecule has 3 heteroatoms. The number of hydrogen-bond acceptors (Lipinski definition) is 2. The lowest BCUT2D eigenvalue weighted by atomic mass is 9.98. The Morgan fingerprint density at radius 2 is 1.41 bits per heavy atom. The molecule has 0 bridgehead atoms. The minimum absolute atomic E-state index is 0.934. The number of H-pyrrole nitrogens is 1. The summed E-state index contributed by atoms with van der Waals surface area (Å²) in [4.78, 5) is 3.77. The largest absolute Gasteiger partial charge is 0.495 e. The molecule has 0 spiro atoms. The van der Waals surface area contributed by atoms with Gasteiger partial charge in [-0.15, -0.1) is 11.3 Å². The number of benzene rings is 5. The van der Waals surface area contributed by atoms with Crippen molar-refractivity contribution in [1.82, 2.24) is 4.98 Å². The Hall–Kier alpha value is -3.82. The van der Waals surface area contributed by atoms with Gasteiger partial charge in [0, 0.05) is 37.1 Å². The second-order valence-electron chi connectivity index (χ2n) is 8.19. The lowest BCUT2D eigenvalue weighted by molar-refractivity contribution is 0.420. The Bertz CT molecular complexity index is 1810.